The van der Waals surface area contributed by atoms with Crippen molar-refractivity contribution < 1.29 is 27.5 Å². The fourth-order valence-corrected chi connectivity index (χ4v) is 7.35. The molecule has 1 aromatic heterocycles. The van der Waals surface area contributed by atoms with Crippen molar-refractivity contribution in [3.63, 3.8) is 0 Å². The third kappa shape index (κ3) is 5.39. The largest absolute Gasteiger partial charge is 0.492 e. The number of fused-ring (bicyclic) bond motifs is 1. The SMILES string of the molecule is O=C1CCC(N2Cc3cc(OCC4CCCCN4Cc4cccn4S(=O)(=O)c4ccccc4)ccc3C2=O)C(=O)N1. The van der Waals surface area contributed by atoms with Crippen LogP contribution in [0.3, 0.4) is 0 Å². The fourth-order valence-electron chi connectivity index (χ4n) is 5.96. The summed E-state index contributed by atoms with van der Waals surface area (Å²) >= 11 is 0. The third-order valence-electron chi connectivity index (χ3n) is 8.14. The van der Waals surface area contributed by atoms with Crippen LogP contribution in [0.5, 0.6) is 5.75 Å². The minimum absolute atomic E-state index is 0.0985. The number of hydrogen-bond acceptors (Lipinski definition) is 7. The molecule has 2 unspecified atom stereocenters. The van der Waals surface area contributed by atoms with E-state index in [2.05, 4.69) is 10.2 Å². The summed E-state index contributed by atoms with van der Waals surface area (Å²) in [6, 6.07) is 16.8. The number of hydrogen-bond donors (Lipinski definition) is 1. The molecular formula is C30H32N4O6S. The van der Waals surface area contributed by atoms with Gasteiger partial charge in [0.25, 0.3) is 15.9 Å². The number of piperidine rings is 2. The van der Waals surface area contributed by atoms with Crippen molar-refractivity contribution in [2.24, 2.45) is 0 Å². The maximum Gasteiger partial charge on any atom is 0.267 e. The molecule has 3 amide bonds. The quantitative estimate of drug-likeness (QED) is 0.410. The Morgan fingerprint density at radius 3 is 2.59 bits per heavy atom. The smallest absolute Gasteiger partial charge is 0.267 e. The summed E-state index contributed by atoms with van der Waals surface area (Å²) < 4.78 is 34.1. The van der Waals surface area contributed by atoms with E-state index >= 15 is 0 Å². The van der Waals surface area contributed by atoms with Crippen molar-refractivity contribution >= 4 is 27.7 Å². The molecule has 3 aliphatic rings. The predicted octanol–water partition coefficient (Wildman–Crippen LogP) is 2.92. The first kappa shape index (κ1) is 27.2. The number of nitrogens with zero attached hydrogens (tertiary/aromatic N) is 3. The van der Waals surface area contributed by atoms with Crippen molar-refractivity contribution in [3.8, 4) is 5.75 Å². The molecule has 0 spiro atoms. The summed E-state index contributed by atoms with van der Waals surface area (Å²) in [5, 5.41) is 2.33. The lowest BCUT2D eigenvalue weighted by Crippen LogP contribution is -2.52. The van der Waals surface area contributed by atoms with Gasteiger partial charge in [-0.15, -0.1) is 0 Å². The van der Waals surface area contributed by atoms with Gasteiger partial charge < -0.3 is 9.64 Å². The van der Waals surface area contributed by atoms with E-state index < -0.39 is 22.0 Å². The molecule has 11 heteroatoms. The molecule has 0 bridgehead atoms. The lowest BCUT2D eigenvalue weighted by Gasteiger charge is -2.35. The van der Waals surface area contributed by atoms with Crippen LogP contribution in [0.25, 0.3) is 0 Å². The number of carbonyl (C=O) groups is 3. The number of imide groups is 1. The summed E-state index contributed by atoms with van der Waals surface area (Å²) in [5.74, 6) is -0.317. The molecule has 2 saturated heterocycles. The molecule has 10 nitrogen and oxygen atoms in total. The summed E-state index contributed by atoms with van der Waals surface area (Å²) in [6.07, 6.45) is 5.15. The number of benzene rings is 2. The minimum atomic E-state index is -3.69. The maximum absolute atomic E-state index is 13.3. The minimum Gasteiger partial charge on any atom is -0.492 e. The van der Waals surface area contributed by atoms with Gasteiger partial charge in [0.15, 0.2) is 0 Å². The van der Waals surface area contributed by atoms with Crippen LogP contribution >= 0.6 is 0 Å². The molecule has 3 aromatic rings. The van der Waals surface area contributed by atoms with E-state index in [4.69, 9.17) is 4.74 Å². The molecule has 1 N–H and O–H groups in total. The molecule has 2 aromatic carbocycles. The standard InChI is InChI=1S/C30H32N4O6S/c35-28-14-13-27(29(36)31-28)33-18-21-17-24(11-12-26(21)30(33)37)40-20-23-7-4-5-15-32(23)19-22-8-6-16-34(22)41(38,39)25-9-2-1-3-10-25/h1-3,6,8-12,16-17,23,27H,4-5,7,13-15,18-20H2,(H,31,35,36). The Morgan fingerprint density at radius 2 is 1.78 bits per heavy atom. The summed E-state index contributed by atoms with van der Waals surface area (Å²) in [4.78, 5) is 40.9. The van der Waals surface area contributed by atoms with E-state index in [9.17, 15) is 22.8 Å². The maximum atomic E-state index is 13.3. The highest BCUT2D eigenvalue weighted by molar-refractivity contribution is 7.90. The first-order valence-corrected chi connectivity index (χ1v) is 15.4. The number of rotatable bonds is 8. The molecule has 4 heterocycles. The first-order chi connectivity index (χ1) is 19.8. The van der Waals surface area contributed by atoms with Crippen LogP contribution in [0.1, 0.15) is 53.7 Å². The van der Waals surface area contributed by atoms with Gasteiger partial charge in [-0.25, -0.2) is 12.4 Å². The van der Waals surface area contributed by atoms with E-state index in [-0.39, 0.29) is 29.2 Å². The molecule has 2 fully saturated rings. The van der Waals surface area contributed by atoms with Crippen molar-refractivity contribution in [1.29, 1.82) is 0 Å². The van der Waals surface area contributed by atoms with Crippen LogP contribution in [0.15, 0.2) is 71.8 Å². The highest BCUT2D eigenvalue weighted by atomic mass is 32.2. The van der Waals surface area contributed by atoms with Crippen molar-refractivity contribution in [3.05, 3.63) is 83.7 Å². The van der Waals surface area contributed by atoms with Gasteiger partial charge in [-0.2, -0.15) is 0 Å². The van der Waals surface area contributed by atoms with Crippen molar-refractivity contribution in [2.45, 2.75) is 62.2 Å². The van der Waals surface area contributed by atoms with E-state index in [1.165, 1.54) is 8.87 Å². The van der Waals surface area contributed by atoms with Gasteiger partial charge in [-0.1, -0.05) is 24.6 Å². The van der Waals surface area contributed by atoms with E-state index in [1.807, 2.05) is 12.1 Å². The molecule has 214 valence electrons. The predicted molar refractivity (Wildman–Crippen MR) is 149 cm³/mol. The molecule has 0 aliphatic carbocycles. The fraction of sp³-hybridized carbons (Fsp3) is 0.367. The number of ether oxygens (including phenoxy) is 1. The highest BCUT2D eigenvalue weighted by Crippen LogP contribution is 2.31. The van der Waals surface area contributed by atoms with E-state index in [1.54, 1.807) is 54.7 Å². The molecule has 6 rings (SSSR count). The first-order valence-electron chi connectivity index (χ1n) is 13.9. The van der Waals surface area contributed by atoms with Crippen LogP contribution in [0, 0.1) is 0 Å². The van der Waals surface area contributed by atoms with Crippen LogP contribution < -0.4 is 10.1 Å². The number of aromatic nitrogens is 1. The van der Waals surface area contributed by atoms with Crippen molar-refractivity contribution in [2.75, 3.05) is 13.2 Å². The van der Waals surface area contributed by atoms with Gasteiger partial charge in [-0.05, 0) is 73.8 Å². The molecule has 3 aliphatic heterocycles. The summed E-state index contributed by atoms with van der Waals surface area (Å²) in [7, 11) is -3.69. The Morgan fingerprint density at radius 1 is 0.951 bits per heavy atom. The van der Waals surface area contributed by atoms with E-state index in [0.29, 0.717) is 43.1 Å². The summed E-state index contributed by atoms with van der Waals surface area (Å²) in [6.45, 7) is 2.03. The topological polar surface area (TPSA) is 118 Å². The van der Waals surface area contributed by atoms with Crippen LogP contribution in [0.2, 0.25) is 0 Å². The van der Waals surface area contributed by atoms with Gasteiger partial charge in [0.05, 0.1) is 4.90 Å². The Hall–Kier alpha value is -3.96. The second kappa shape index (κ2) is 11.1. The molecule has 41 heavy (non-hydrogen) atoms. The molecule has 0 saturated carbocycles. The Kier molecular flexibility index (Phi) is 7.39. The number of nitrogens with one attached hydrogen (secondary N) is 1. The number of likely N-dealkylation sites (tertiary alicyclic amines) is 1. The number of amides is 3. The van der Waals surface area contributed by atoms with E-state index in [0.717, 1.165) is 31.4 Å². The van der Waals surface area contributed by atoms with Crippen LogP contribution in [-0.4, -0.2) is 65.1 Å². The highest BCUT2D eigenvalue weighted by Gasteiger charge is 2.39. The Bertz CT molecular complexity index is 1590. The van der Waals surface area contributed by atoms with Gasteiger partial charge in [0, 0.05) is 43.0 Å². The van der Waals surface area contributed by atoms with Crippen LogP contribution in [0.4, 0.5) is 0 Å². The normalized spacial score (nSPS) is 21.6. The average molecular weight is 577 g/mol. The molecule has 2 atom stereocenters. The zero-order chi connectivity index (χ0) is 28.6. The van der Waals surface area contributed by atoms with Gasteiger partial charge in [0.1, 0.15) is 18.4 Å². The van der Waals surface area contributed by atoms with Crippen molar-refractivity contribution in [1.82, 2.24) is 19.1 Å². The third-order valence-corrected chi connectivity index (χ3v) is 9.89. The van der Waals surface area contributed by atoms with Gasteiger partial charge >= 0.3 is 0 Å². The molecular weight excluding hydrogens is 544 g/mol. The van der Waals surface area contributed by atoms with Gasteiger partial charge in [0.2, 0.25) is 11.8 Å². The second-order valence-electron chi connectivity index (χ2n) is 10.8. The van der Waals surface area contributed by atoms with Crippen LogP contribution in [-0.2, 0) is 32.7 Å². The average Bonchev–Trinajstić information content (AvgIpc) is 3.57. The van der Waals surface area contributed by atoms with Gasteiger partial charge in [-0.3, -0.25) is 24.6 Å². The Balaban J connectivity index is 1.12. The zero-order valence-electron chi connectivity index (χ0n) is 22.6. The molecule has 0 radical (unpaired) electrons. The lowest BCUT2D eigenvalue weighted by molar-refractivity contribution is -0.136. The zero-order valence-corrected chi connectivity index (χ0v) is 23.4. The summed E-state index contributed by atoms with van der Waals surface area (Å²) in [5.41, 5.74) is 2.04. The Labute approximate surface area is 238 Å². The second-order valence-corrected chi connectivity index (χ2v) is 12.6. The monoisotopic (exact) mass is 576 g/mol. The lowest BCUT2D eigenvalue weighted by atomic mass is 10.0. The number of carbonyl (C=O) groups excluding carboxylic acids is 3.